The van der Waals surface area contributed by atoms with Gasteiger partial charge in [-0.15, -0.1) is 0 Å². The van der Waals surface area contributed by atoms with Crippen molar-refractivity contribution in [3.05, 3.63) is 98.6 Å². The molecule has 32 heavy (non-hydrogen) atoms. The molecule has 0 radical (unpaired) electrons. The number of carbonyl (C=O) groups excluding carboxylic acids is 1. The zero-order valence-electron chi connectivity index (χ0n) is 17.3. The van der Waals surface area contributed by atoms with E-state index in [2.05, 4.69) is 32.1 Å². The van der Waals surface area contributed by atoms with Crippen LogP contribution in [-0.2, 0) is 6.54 Å². The summed E-state index contributed by atoms with van der Waals surface area (Å²) in [6.45, 7) is 2.33. The molecule has 8 nitrogen and oxygen atoms in total. The fourth-order valence-corrected chi connectivity index (χ4v) is 3.17. The number of hydrogen-bond donors (Lipinski definition) is 2. The number of hydrogen-bond acceptors (Lipinski definition) is 5. The van der Waals surface area contributed by atoms with Crippen LogP contribution in [0.1, 0.15) is 35.0 Å². The second kappa shape index (κ2) is 9.10. The fraction of sp³-hybridized carbons (Fsp3) is 0.125. The molecule has 0 aliphatic heterocycles. The summed E-state index contributed by atoms with van der Waals surface area (Å²) in [4.78, 5) is 47.7. The predicted molar refractivity (Wildman–Crippen MR) is 122 cm³/mol. The number of nitrogens with zero attached hydrogens (tertiary/aromatic N) is 3. The molecular formula is C24H19N5O3. The second-order valence-electron chi connectivity index (χ2n) is 7.01. The zero-order valence-corrected chi connectivity index (χ0v) is 17.3. The maximum Gasteiger partial charge on any atom is 0.329 e. The van der Waals surface area contributed by atoms with Crippen molar-refractivity contribution in [2.24, 2.45) is 0 Å². The van der Waals surface area contributed by atoms with E-state index >= 15 is 0 Å². The summed E-state index contributed by atoms with van der Waals surface area (Å²) in [5.41, 5.74) is 1.27. The van der Waals surface area contributed by atoms with Crippen LogP contribution in [0, 0.1) is 11.8 Å². The number of aryl methyl sites for hydroxylation is 1. The zero-order chi connectivity index (χ0) is 22.5. The number of fused-ring (bicyclic) bond motifs is 1. The van der Waals surface area contributed by atoms with Crippen LogP contribution in [0.3, 0.4) is 0 Å². The third-order valence-corrected chi connectivity index (χ3v) is 4.66. The number of anilines is 1. The van der Waals surface area contributed by atoms with Crippen molar-refractivity contribution in [1.82, 2.24) is 19.5 Å². The van der Waals surface area contributed by atoms with Crippen molar-refractivity contribution in [3.8, 4) is 11.8 Å². The van der Waals surface area contributed by atoms with E-state index in [1.807, 2.05) is 31.2 Å². The number of rotatable bonds is 4. The molecule has 0 bridgehead atoms. The summed E-state index contributed by atoms with van der Waals surface area (Å²) in [5.74, 6) is 5.56. The van der Waals surface area contributed by atoms with Crippen molar-refractivity contribution >= 4 is 22.6 Å². The maximum absolute atomic E-state index is 12.8. The standard InChI is InChI=1S/C24H19N5O3/c1-2-12-29-21-20(23(31)28-24(29)32)14-17(15-26-21)22(30)27-19-8-5-6-16(13-19)9-10-18-7-3-4-11-25-18/h3-8,11,13-15H,2,12H2,1H3,(H,27,30)(H,28,31,32). The molecule has 4 rings (SSSR count). The molecule has 3 heterocycles. The highest BCUT2D eigenvalue weighted by Crippen LogP contribution is 2.14. The molecule has 3 aromatic heterocycles. The molecule has 0 aliphatic rings. The molecule has 0 atom stereocenters. The largest absolute Gasteiger partial charge is 0.329 e. The van der Waals surface area contributed by atoms with Gasteiger partial charge in [0, 0.05) is 30.2 Å². The van der Waals surface area contributed by atoms with E-state index < -0.39 is 17.2 Å². The van der Waals surface area contributed by atoms with E-state index in [-0.39, 0.29) is 16.6 Å². The van der Waals surface area contributed by atoms with Crippen molar-refractivity contribution < 1.29 is 4.79 Å². The Bertz CT molecular complexity index is 1480. The van der Waals surface area contributed by atoms with Gasteiger partial charge in [0.2, 0.25) is 0 Å². The highest BCUT2D eigenvalue weighted by molar-refractivity contribution is 6.05. The fourth-order valence-electron chi connectivity index (χ4n) is 3.17. The van der Waals surface area contributed by atoms with Gasteiger partial charge in [0.15, 0.2) is 0 Å². The van der Waals surface area contributed by atoms with Gasteiger partial charge in [-0.3, -0.25) is 19.1 Å². The van der Waals surface area contributed by atoms with Crippen LogP contribution < -0.4 is 16.6 Å². The highest BCUT2D eigenvalue weighted by Gasteiger charge is 2.13. The van der Waals surface area contributed by atoms with Crippen molar-refractivity contribution in [2.45, 2.75) is 19.9 Å². The third kappa shape index (κ3) is 4.47. The number of carbonyl (C=O) groups is 1. The summed E-state index contributed by atoms with van der Waals surface area (Å²) in [5, 5.41) is 2.97. The lowest BCUT2D eigenvalue weighted by Crippen LogP contribution is -2.31. The number of aromatic amines is 1. The molecule has 8 heteroatoms. The first-order valence-corrected chi connectivity index (χ1v) is 10.0. The Labute approximate surface area is 183 Å². The SMILES string of the molecule is CCCn1c(=O)[nH]c(=O)c2cc(C(=O)Nc3cccc(C#Cc4ccccn4)c3)cnc21. The van der Waals surface area contributed by atoms with Gasteiger partial charge in [0.25, 0.3) is 11.5 Å². The number of benzene rings is 1. The number of nitrogens with one attached hydrogen (secondary N) is 2. The Balaban J connectivity index is 1.60. The molecule has 0 unspecified atom stereocenters. The van der Waals surface area contributed by atoms with Gasteiger partial charge in [0.1, 0.15) is 11.3 Å². The number of aromatic nitrogens is 4. The molecule has 0 spiro atoms. The molecule has 1 aromatic carbocycles. The van der Waals surface area contributed by atoms with Crippen LogP contribution in [0.4, 0.5) is 5.69 Å². The van der Waals surface area contributed by atoms with Crippen LogP contribution in [0.5, 0.6) is 0 Å². The van der Waals surface area contributed by atoms with Gasteiger partial charge in [-0.2, -0.15) is 0 Å². The Hall–Kier alpha value is -4.51. The minimum absolute atomic E-state index is 0.181. The summed E-state index contributed by atoms with van der Waals surface area (Å²) in [7, 11) is 0. The lowest BCUT2D eigenvalue weighted by Gasteiger charge is -2.09. The number of H-pyrrole nitrogens is 1. The minimum atomic E-state index is -0.578. The summed E-state index contributed by atoms with van der Waals surface area (Å²) < 4.78 is 1.39. The van der Waals surface area contributed by atoms with Crippen molar-refractivity contribution in [3.63, 3.8) is 0 Å². The molecule has 0 saturated carbocycles. The minimum Gasteiger partial charge on any atom is -0.322 e. The van der Waals surface area contributed by atoms with Gasteiger partial charge in [-0.1, -0.05) is 25.0 Å². The Morgan fingerprint density at radius 1 is 1.09 bits per heavy atom. The topological polar surface area (TPSA) is 110 Å². The van der Waals surface area contributed by atoms with Gasteiger partial charge >= 0.3 is 5.69 Å². The summed E-state index contributed by atoms with van der Waals surface area (Å²) in [6.07, 6.45) is 3.73. The smallest absolute Gasteiger partial charge is 0.322 e. The average molecular weight is 425 g/mol. The Kier molecular flexibility index (Phi) is 5.90. The lowest BCUT2D eigenvalue weighted by molar-refractivity contribution is 0.102. The van der Waals surface area contributed by atoms with Crippen LogP contribution in [-0.4, -0.2) is 25.4 Å². The molecule has 2 N–H and O–H groups in total. The third-order valence-electron chi connectivity index (χ3n) is 4.66. The molecule has 4 aromatic rings. The first-order valence-electron chi connectivity index (χ1n) is 10.0. The summed E-state index contributed by atoms with van der Waals surface area (Å²) >= 11 is 0. The van der Waals surface area contributed by atoms with E-state index in [9.17, 15) is 14.4 Å². The number of amides is 1. The lowest BCUT2D eigenvalue weighted by atomic mass is 10.1. The Morgan fingerprint density at radius 2 is 1.97 bits per heavy atom. The van der Waals surface area contributed by atoms with E-state index in [4.69, 9.17) is 0 Å². The maximum atomic E-state index is 12.8. The van der Waals surface area contributed by atoms with E-state index in [0.717, 1.165) is 0 Å². The molecule has 158 valence electrons. The van der Waals surface area contributed by atoms with E-state index in [0.29, 0.717) is 29.9 Å². The molecule has 0 saturated heterocycles. The molecule has 1 amide bonds. The Morgan fingerprint density at radius 3 is 2.75 bits per heavy atom. The average Bonchev–Trinajstić information content (AvgIpc) is 2.81. The van der Waals surface area contributed by atoms with Crippen LogP contribution in [0.15, 0.2) is 70.5 Å². The van der Waals surface area contributed by atoms with Gasteiger partial charge < -0.3 is 5.32 Å². The summed E-state index contributed by atoms with van der Waals surface area (Å²) in [6, 6.07) is 14.0. The van der Waals surface area contributed by atoms with Crippen LogP contribution in [0.2, 0.25) is 0 Å². The van der Waals surface area contributed by atoms with Crippen LogP contribution in [0.25, 0.3) is 11.0 Å². The predicted octanol–water partition coefficient (Wildman–Crippen LogP) is 2.54. The van der Waals surface area contributed by atoms with Gasteiger partial charge in [-0.05, 0) is 48.7 Å². The first kappa shape index (κ1) is 20.8. The second-order valence-corrected chi connectivity index (χ2v) is 7.01. The van der Waals surface area contributed by atoms with Crippen molar-refractivity contribution in [1.29, 1.82) is 0 Å². The molecule has 0 fully saturated rings. The highest BCUT2D eigenvalue weighted by atomic mass is 16.2. The van der Waals surface area contributed by atoms with Crippen LogP contribution >= 0.6 is 0 Å². The molecule has 0 aliphatic carbocycles. The first-order chi connectivity index (χ1) is 15.5. The van der Waals surface area contributed by atoms with E-state index in [1.54, 1.807) is 24.4 Å². The monoisotopic (exact) mass is 425 g/mol. The van der Waals surface area contributed by atoms with Gasteiger partial charge in [-0.25, -0.2) is 14.8 Å². The number of pyridine rings is 2. The normalized spacial score (nSPS) is 10.4. The van der Waals surface area contributed by atoms with Gasteiger partial charge in [0.05, 0.1) is 10.9 Å². The quantitative estimate of drug-likeness (QED) is 0.489. The molecular weight excluding hydrogens is 406 g/mol. The van der Waals surface area contributed by atoms with Crippen molar-refractivity contribution in [2.75, 3.05) is 5.32 Å². The van der Waals surface area contributed by atoms with E-state index in [1.165, 1.54) is 16.8 Å².